The summed E-state index contributed by atoms with van der Waals surface area (Å²) in [7, 11) is 1.61. The molecule has 138 valence electrons. The predicted octanol–water partition coefficient (Wildman–Crippen LogP) is 2.59. The van der Waals surface area contributed by atoms with E-state index in [2.05, 4.69) is 15.6 Å². The Labute approximate surface area is 170 Å². The number of carbonyl (C=O) groups is 1. The molecule has 0 aliphatic carbocycles. The summed E-state index contributed by atoms with van der Waals surface area (Å²) in [5, 5.41) is 5.88. The zero-order chi connectivity index (χ0) is 17.6. The third kappa shape index (κ3) is 4.87. The first-order chi connectivity index (χ1) is 12.2. The van der Waals surface area contributed by atoms with Crippen molar-refractivity contribution in [2.45, 2.75) is 19.0 Å². The summed E-state index contributed by atoms with van der Waals surface area (Å²) in [6, 6.07) is 15.4. The van der Waals surface area contributed by atoms with Crippen molar-refractivity contribution < 1.29 is 9.53 Å². The monoisotopic (exact) mass is 466 g/mol. The van der Waals surface area contributed by atoms with Gasteiger partial charge in [0.05, 0.1) is 19.2 Å². The number of ether oxygens (including phenoxy) is 1. The maximum atomic E-state index is 11.7. The smallest absolute Gasteiger partial charge is 0.251 e. The number of nitrogens with one attached hydrogen (secondary N) is 2. The largest absolute Gasteiger partial charge is 0.493 e. The van der Waals surface area contributed by atoms with Gasteiger partial charge in [-0.15, -0.1) is 24.0 Å². The highest BCUT2D eigenvalue weighted by molar-refractivity contribution is 14.0. The van der Waals surface area contributed by atoms with Crippen LogP contribution in [-0.2, 0) is 6.54 Å². The number of carbonyl (C=O) groups excluding carboxylic acids is 1. The van der Waals surface area contributed by atoms with Gasteiger partial charge < -0.3 is 21.1 Å². The molecule has 1 aliphatic rings. The number of hydrogen-bond acceptors (Lipinski definition) is 3. The molecule has 0 saturated heterocycles. The lowest BCUT2D eigenvalue weighted by molar-refractivity contribution is 0.0963. The predicted molar refractivity (Wildman–Crippen MR) is 113 cm³/mol. The minimum absolute atomic E-state index is 0. The van der Waals surface area contributed by atoms with Gasteiger partial charge in [0, 0.05) is 24.6 Å². The summed E-state index contributed by atoms with van der Waals surface area (Å²) in [5.74, 6) is 1.15. The first-order valence-corrected chi connectivity index (χ1v) is 8.26. The van der Waals surface area contributed by atoms with Crippen LogP contribution < -0.4 is 21.1 Å². The van der Waals surface area contributed by atoms with Crippen molar-refractivity contribution in [3.8, 4) is 5.75 Å². The van der Waals surface area contributed by atoms with Crippen LogP contribution in [0.4, 0.5) is 0 Å². The number of amides is 1. The molecule has 2 aromatic carbocycles. The van der Waals surface area contributed by atoms with Gasteiger partial charge in [-0.25, -0.2) is 4.99 Å². The molecular formula is C19H23IN4O2. The SMILES string of the molecule is CNC(=O)c1cccc(CN=C(N)NC2CCOc3ccccc32)c1.I. The van der Waals surface area contributed by atoms with Crippen LogP contribution in [0.25, 0.3) is 0 Å². The minimum atomic E-state index is -0.115. The Morgan fingerprint density at radius 3 is 2.88 bits per heavy atom. The lowest BCUT2D eigenvalue weighted by atomic mass is 10.0. The van der Waals surface area contributed by atoms with E-state index in [-0.39, 0.29) is 35.9 Å². The highest BCUT2D eigenvalue weighted by Gasteiger charge is 2.21. The number of hydrogen-bond donors (Lipinski definition) is 3. The standard InChI is InChI=1S/C19H22N4O2.HI/c1-21-18(24)14-6-4-5-13(11-14)12-22-19(20)23-16-9-10-25-17-8-3-2-7-15(16)17;/h2-8,11,16H,9-10,12H2,1H3,(H,21,24)(H3,20,22,23);1H. The summed E-state index contributed by atoms with van der Waals surface area (Å²) < 4.78 is 5.65. The van der Waals surface area contributed by atoms with E-state index in [1.807, 2.05) is 42.5 Å². The molecule has 4 N–H and O–H groups in total. The van der Waals surface area contributed by atoms with Crippen molar-refractivity contribution in [2.75, 3.05) is 13.7 Å². The molecule has 0 saturated carbocycles. The average Bonchev–Trinajstić information content (AvgIpc) is 2.66. The van der Waals surface area contributed by atoms with Crippen LogP contribution in [0.5, 0.6) is 5.75 Å². The molecule has 0 radical (unpaired) electrons. The Balaban J connectivity index is 0.00000243. The van der Waals surface area contributed by atoms with Crippen LogP contribution in [0, 0.1) is 0 Å². The summed E-state index contributed by atoms with van der Waals surface area (Å²) in [6.45, 7) is 1.06. The van der Waals surface area contributed by atoms with E-state index in [0.717, 1.165) is 23.3 Å². The second-order valence-electron chi connectivity index (χ2n) is 5.85. The van der Waals surface area contributed by atoms with E-state index in [0.29, 0.717) is 24.7 Å². The fourth-order valence-electron chi connectivity index (χ4n) is 2.85. The van der Waals surface area contributed by atoms with Crippen LogP contribution in [0.2, 0.25) is 0 Å². The molecule has 0 spiro atoms. The van der Waals surface area contributed by atoms with Crippen LogP contribution >= 0.6 is 24.0 Å². The van der Waals surface area contributed by atoms with Crippen LogP contribution in [0.15, 0.2) is 53.5 Å². The molecule has 1 atom stereocenters. The highest BCUT2D eigenvalue weighted by atomic mass is 127. The second-order valence-corrected chi connectivity index (χ2v) is 5.85. The number of fused-ring (bicyclic) bond motifs is 1. The normalized spacial score (nSPS) is 15.9. The van der Waals surface area contributed by atoms with Crippen molar-refractivity contribution in [3.05, 3.63) is 65.2 Å². The molecule has 26 heavy (non-hydrogen) atoms. The topological polar surface area (TPSA) is 88.7 Å². The third-order valence-electron chi connectivity index (χ3n) is 4.13. The zero-order valence-electron chi connectivity index (χ0n) is 14.6. The van der Waals surface area contributed by atoms with E-state index in [9.17, 15) is 4.79 Å². The minimum Gasteiger partial charge on any atom is -0.493 e. The number of benzene rings is 2. The molecule has 3 rings (SSSR count). The molecule has 1 unspecified atom stereocenters. The molecule has 6 nitrogen and oxygen atoms in total. The first kappa shape index (κ1) is 20.0. The highest BCUT2D eigenvalue weighted by Crippen LogP contribution is 2.31. The zero-order valence-corrected chi connectivity index (χ0v) is 16.9. The van der Waals surface area contributed by atoms with Gasteiger partial charge in [0.15, 0.2) is 5.96 Å². The second kappa shape index (κ2) is 9.42. The summed E-state index contributed by atoms with van der Waals surface area (Å²) in [6.07, 6.45) is 0.833. The Kier molecular flexibility index (Phi) is 7.26. The van der Waals surface area contributed by atoms with E-state index in [1.54, 1.807) is 13.1 Å². The maximum Gasteiger partial charge on any atom is 0.251 e. The van der Waals surface area contributed by atoms with Gasteiger partial charge in [-0.05, 0) is 23.8 Å². The van der Waals surface area contributed by atoms with Crippen molar-refractivity contribution in [1.29, 1.82) is 0 Å². The number of guanidine groups is 1. The quantitative estimate of drug-likeness (QED) is 0.367. The lowest BCUT2D eigenvalue weighted by Gasteiger charge is -2.26. The third-order valence-corrected chi connectivity index (χ3v) is 4.13. The molecular weight excluding hydrogens is 443 g/mol. The molecule has 2 aromatic rings. The number of halogens is 1. The molecule has 7 heteroatoms. The molecule has 1 amide bonds. The van der Waals surface area contributed by atoms with Crippen molar-refractivity contribution >= 4 is 35.8 Å². The lowest BCUT2D eigenvalue weighted by Crippen LogP contribution is -2.37. The number of nitrogens with zero attached hydrogens (tertiary/aromatic N) is 1. The van der Waals surface area contributed by atoms with Crippen molar-refractivity contribution in [1.82, 2.24) is 10.6 Å². The summed E-state index contributed by atoms with van der Waals surface area (Å²) >= 11 is 0. The van der Waals surface area contributed by atoms with Crippen molar-refractivity contribution in [2.24, 2.45) is 10.7 Å². The van der Waals surface area contributed by atoms with Gasteiger partial charge in [0.25, 0.3) is 5.91 Å². The van der Waals surface area contributed by atoms with Gasteiger partial charge in [0.1, 0.15) is 5.75 Å². The van der Waals surface area contributed by atoms with E-state index < -0.39 is 0 Å². The average molecular weight is 466 g/mol. The van der Waals surface area contributed by atoms with Crippen LogP contribution in [0.3, 0.4) is 0 Å². The van der Waals surface area contributed by atoms with Gasteiger partial charge >= 0.3 is 0 Å². The number of para-hydroxylation sites is 1. The van der Waals surface area contributed by atoms with Crippen molar-refractivity contribution in [3.63, 3.8) is 0 Å². The van der Waals surface area contributed by atoms with E-state index in [4.69, 9.17) is 10.5 Å². The first-order valence-electron chi connectivity index (χ1n) is 8.26. The summed E-state index contributed by atoms with van der Waals surface area (Å²) in [4.78, 5) is 16.1. The Morgan fingerprint density at radius 1 is 1.27 bits per heavy atom. The number of aliphatic imine (C=N–C) groups is 1. The van der Waals surface area contributed by atoms with Crippen LogP contribution in [0.1, 0.15) is 33.9 Å². The molecule has 0 aromatic heterocycles. The van der Waals surface area contributed by atoms with Gasteiger partial charge in [-0.3, -0.25) is 4.79 Å². The summed E-state index contributed by atoms with van der Waals surface area (Å²) in [5.41, 5.74) is 8.68. The molecule has 1 heterocycles. The van der Waals surface area contributed by atoms with E-state index in [1.165, 1.54) is 0 Å². The fraction of sp³-hybridized carbons (Fsp3) is 0.263. The Bertz CT molecular complexity index is 795. The van der Waals surface area contributed by atoms with Gasteiger partial charge in [0.2, 0.25) is 0 Å². The van der Waals surface area contributed by atoms with E-state index >= 15 is 0 Å². The molecule has 0 bridgehead atoms. The fourth-order valence-corrected chi connectivity index (χ4v) is 2.85. The number of rotatable bonds is 4. The van der Waals surface area contributed by atoms with Gasteiger partial charge in [-0.2, -0.15) is 0 Å². The molecule has 0 fully saturated rings. The Hall–Kier alpha value is -2.29. The molecule has 1 aliphatic heterocycles. The number of nitrogens with two attached hydrogens (primary N) is 1. The van der Waals surface area contributed by atoms with Crippen LogP contribution in [-0.4, -0.2) is 25.5 Å². The maximum absolute atomic E-state index is 11.7. The Morgan fingerprint density at radius 2 is 2.08 bits per heavy atom. The van der Waals surface area contributed by atoms with Gasteiger partial charge in [-0.1, -0.05) is 30.3 Å².